The van der Waals surface area contributed by atoms with Crippen LogP contribution in [0.15, 0.2) is 53.4 Å². The molecule has 6 heteroatoms. The summed E-state index contributed by atoms with van der Waals surface area (Å²) in [6.45, 7) is 0. The highest BCUT2D eigenvalue weighted by atomic mass is 32.2. The molecule has 1 N–H and O–H groups in total. The van der Waals surface area contributed by atoms with Gasteiger partial charge in [0, 0.05) is 10.6 Å². The molecule has 2 saturated heterocycles. The van der Waals surface area contributed by atoms with Crippen LogP contribution in [0.1, 0.15) is 25.7 Å². The Labute approximate surface area is 161 Å². The first-order valence-corrected chi connectivity index (χ1v) is 10.1. The fourth-order valence-corrected chi connectivity index (χ4v) is 4.98. The van der Waals surface area contributed by atoms with Crippen LogP contribution in [0.2, 0.25) is 0 Å². The van der Waals surface area contributed by atoms with Gasteiger partial charge in [-0.05, 0) is 74.2 Å². The average Bonchev–Trinajstić information content (AvgIpc) is 3.01. The lowest BCUT2D eigenvalue weighted by Crippen LogP contribution is -2.43. The fraction of sp³-hybridized carbons (Fsp3) is 0.381. The van der Waals surface area contributed by atoms with E-state index in [1.165, 1.54) is 12.1 Å². The lowest BCUT2D eigenvalue weighted by molar-refractivity contribution is -0.157. The van der Waals surface area contributed by atoms with Gasteiger partial charge in [0.2, 0.25) is 0 Å². The summed E-state index contributed by atoms with van der Waals surface area (Å²) in [7, 11) is 0. The molecule has 2 unspecified atom stereocenters. The number of halogens is 1. The highest BCUT2D eigenvalue weighted by molar-refractivity contribution is 7.99. The smallest absolute Gasteiger partial charge is 0.310 e. The van der Waals surface area contributed by atoms with Crippen LogP contribution in [0.25, 0.3) is 0 Å². The van der Waals surface area contributed by atoms with Crippen molar-refractivity contribution in [2.24, 2.45) is 5.41 Å². The Kier molecular flexibility index (Phi) is 5.10. The van der Waals surface area contributed by atoms with Gasteiger partial charge in [0.1, 0.15) is 17.3 Å². The third kappa shape index (κ3) is 4.12. The number of carboxylic acids is 1. The third-order valence-corrected chi connectivity index (χ3v) is 6.58. The number of ether oxygens (including phenoxy) is 2. The van der Waals surface area contributed by atoms with Crippen LogP contribution in [0.5, 0.6) is 11.5 Å². The number of hydrogen-bond donors (Lipinski definition) is 1. The van der Waals surface area contributed by atoms with Crippen LogP contribution in [0.3, 0.4) is 0 Å². The largest absolute Gasteiger partial charge is 0.481 e. The standard InChI is InChI=1S/C21H21FO4S/c22-14-1-3-15(4-2-14)25-16-7-9-19(10-8-16)27-13-21(20(23)24)11-17-5-6-18(12-21)26-17/h1-4,7-10,17-18H,5-6,11-13H2,(H,23,24). The Balaban J connectivity index is 1.39. The highest BCUT2D eigenvalue weighted by Gasteiger charge is 2.49. The Hall–Kier alpha value is -2.05. The monoisotopic (exact) mass is 388 g/mol. The van der Waals surface area contributed by atoms with Crippen molar-refractivity contribution in [1.29, 1.82) is 0 Å². The molecule has 2 atom stereocenters. The number of rotatable bonds is 6. The summed E-state index contributed by atoms with van der Waals surface area (Å²) >= 11 is 1.56. The van der Waals surface area contributed by atoms with Crippen LogP contribution in [0, 0.1) is 11.2 Å². The Morgan fingerprint density at radius 1 is 1.07 bits per heavy atom. The molecule has 0 amide bonds. The summed E-state index contributed by atoms with van der Waals surface area (Å²) in [5.74, 6) is 0.744. The van der Waals surface area contributed by atoms with Crippen LogP contribution < -0.4 is 4.74 Å². The number of carbonyl (C=O) groups is 1. The molecule has 0 aromatic heterocycles. The van der Waals surface area contributed by atoms with Gasteiger partial charge < -0.3 is 14.6 Å². The second-order valence-corrected chi connectivity index (χ2v) is 8.32. The molecule has 2 aromatic carbocycles. The minimum atomic E-state index is -0.716. The highest BCUT2D eigenvalue weighted by Crippen LogP contribution is 2.46. The zero-order chi connectivity index (χ0) is 18.9. The Morgan fingerprint density at radius 2 is 1.63 bits per heavy atom. The second-order valence-electron chi connectivity index (χ2n) is 7.27. The third-order valence-electron chi connectivity index (χ3n) is 5.27. The van der Waals surface area contributed by atoms with Crippen molar-refractivity contribution in [2.75, 3.05) is 5.75 Å². The van der Waals surface area contributed by atoms with Crippen LogP contribution in [0.4, 0.5) is 4.39 Å². The normalized spacial score (nSPS) is 26.7. The van der Waals surface area contributed by atoms with Crippen LogP contribution in [-0.4, -0.2) is 29.0 Å². The van der Waals surface area contributed by atoms with E-state index in [1.807, 2.05) is 24.3 Å². The van der Waals surface area contributed by atoms with E-state index in [0.29, 0.717) is 30.1 Å². The molecular weight excluding hydrogens is 367 g/mol. The Morgan fingerprint density at radius 3 is 2.19 bits per heavy atom. The van der Waals surface area contributed by atoms with E-state index in [9.17, 15) is 14.3 Å². The molecule has 4 nitrogen and oxygen atoms in total. The summed E-state index contributed by atoms with van der Waals surface area (Å²) in [5.41, 5.74) is -0.710. The lowest BCUT2D eigenvalue weighted by Gasteiger charge is -2.37. The lowest BCUT2D eigenvalue weighted by atomic mass is 9.79. The van der Waals surface area contributed by atoms with Gasteiger partial charge in [-0.3, -0.25) is 4.79 Å². The van der Waals surface area contributed by atoms with Crippen molar-refractivity contribution in [3.63, 3.8) is 0 Å². The molecule has 2 aliphatic heterocycles. The van der Waals surface area contributed by atoms with Gasteiger partial charge >= 0.3 is 5.97 Å². The number of thioether (sulfide) groups is 1. The maximum atomic E-state index is 12.9. The van der Waals surface area contributed by atoms with Crippen molar-refractivity contribution in [3.8, 4) is 11.5 Å². The first kappa shape index (κ1) is 18.3. The van der Waals surface area contributed by atoms with E-state index in [4.69, 9.17) is 9.47 Å². The zero-order valence-corrected chi connectivity index (χ0v) is 15.6. The number of benzene rings is 2. The van der Waals surface area contributed by atoms with Gasteiger partial charge in [0.15, 0.2) is 0 Å². The Bertz CT molecular complexity index is 794. The summed E-state index contributed by atoms with van der Waals surface area (Å²) in [6, 6.07) is 13.4. The number of aliphatic carboxylic acids is 1. The molecule has 0 aliphatic carbocycles. The maximum absolute atomic E-state index is 12.9. The molecule has 2 aliphatic rings. The van der Waals surface area contributed by atoms with E-state index < -0.39 is 11.4 Å². The topological polar surface area (TPSA) is 55.8 Å². The molecule has 2 fully saturated rings. The van der Waals surface area contributed by atoms with E-state index in [1.54, 1.807) is 23.9 Å². The SMILES string of the molecule is O=C(O)C1(CSc2ccc(Oc3ccc(F)cc3)cc2)CC2CCC(C1)O2. The van der Waals surface area contributed by atoms with Crippen molar-refractivity contribution >= 4 is 17.7 Å². The van der Waals surface area contributed by atoms with E-state index in [0.717, 1.165) is 17.7 Å². The first-order chi connectivity index (χ1) is 13.0. The minimum absolute atomic E-state index is 0.0898. The molecule has 4 rings (SSSR count). The molecular formula is C21H21FO4S. The average molecular weight is 388 g/mol. The number of fused-ring (bicyclic) bond motifs is 2. The van der Waals surface area contributed by atoms with Gasteiger partial charge in [-0.25, -0.2) is 4.39 Å². The fourth-order valence-electron chi connectivity index (χ4n) is 3.85. The van der Waals surface area contributed by atoms with Gasteiger partial charge in [0.25, 0.3) is 0 Å². The zero-order valence-electron chi connectivity index (χ0n) is 14.8. The number of carboxylic acid groups (broad SMARTS) is 1. The van der Waals surface area contributed by atoms with Gasteiger partial charge in [-0.2, -0.15) is 0 Å². The van der Waals surface area contributed by atoms with Crippen molar-refractivity contribution in [3.05, 3.63) is 54.3 Å². The summed E-state index contributed by atoms with van der Waals surface area (Å²) in [4.78, 5) is 13.0. The second kappa shape index (κ2) is 7.52. The van der Waals surface area contributed by atoms with Gasteiger partial charge in [0.05, 0.1) is 17.6 Å². The van der Waals surface area contributed by atoms with Crippen LogP contribution in [-0.2, 0) is 9.53 Å². The predicted octanol–water partition coefficient (Wildman–Crippen LogP) is 5.12. The quantitative estimate of drug-likeness (QED) is 0.696. The summed E-state index contributed by atoms with van der Waals surface area (Å²) in [6.07, 6.45) is 3.31. The molecule has 27 heavy (non-hydrogen) atoms. The van der Waals surface area contributed by atoms with Gasteiger partial charge in [-0.1, -0.05) is 0 Å². The summed E-state index contributed by atoms with van der Waals surface area (Å²) < 4.78 is 24.5. The summed E-state index contributed by atoms with van der Waals surface area (Å²) in [5, 5.41) is 9.84. The molecule has 0 saturated carbocycles. The van der Waals surface area contributed by atoms with Crippen LogP contribution >= 0.6 is 11.8 Å². The number of hydrogen-bond acceptors (Lipinski definition) is 4. The molecule has 142 valence electrons. The first-order valence-electron chi connectivity index (χ1n) is 9.08. The molecule has 0 spiro atoms. The van der Waals surface area contributed by atoms with E-state index in [2.05, 4.69) is 0 Å². The van der Waals surface area contributed by atoms with E-state index >= 15 is 0 Å². The minimum Gasteiger partial charge on any atom is -0.481 e. The molecule has 2 bridgehead atoms. The molecule has 2 heterocycles. The van der Waals surface area contributed by atoms with E-state index in [-0.39, 0.29) is 18.0 Å². The maximum Gasteiger partial charge on any atom is 0.310 e. The molecule has 0 radical (unpaired) electrons. The van der Waals surface area contributed by atoms with Crippen molar-refractivity contribution < 1.29 is 23.8 Å². The predicted molar refractivity (Wildman–Crippen MR) is 101 cm³/mol. The van der Waals surface area contributed by atoms with Crippen molar-refractivity contribution in [1.82, 2.24) is 0 Å². The molecule has 2 aromatic rings. The van der Waals surface area contributed by atoms with Crippen molar-refractivity contribution in [2.45, 2.75) is 42.8 Å². The van der Waals surface area contributed by atoms with Gasteiger partial charge in [-0.15, -0.1) is 11.8 Å².